The molecule has 0 unspecified atom stereocenters. The Morgan fingerprint density at radius 1 is 1.12 bits per heavy atom. The highest BCUT2D eigenvalue weighted by atomic mass is 35.5. The first-order valence-electron chi connectivity index (χ1n) is 8.04. The Morgan fingerprint density at radius 3 is 2.62 bits per heavy atom. The van der Waals surface area contributed by atoms with Gasteiger partial charge in [0, 0.05) is 18.1 Å². The summed E-state index contributed by atoms with van der Waals surface area (Å²) < 4.78 is 5.40. The molecule has 2 N–H and O–H groups in total. The molecule has 0 spiro atoms. The standard InChI is InChI=1S/C18H17Cl2N3O2S/c19-12-5-6-14(20)13(11-12)17(24)22-18(26)21-15-3-1-2-4-16(15)23-7-9-25-10-8-23/h1-6,11H,7-10H2,(H2,21,22,24,26). The maximum Gasteiger partial charge on any atom is 0.258 e. The number of amides is 1. The number of ether oxygens (including phenoxy) is 1. The highest BCUT2D eigenvalue weighted by Crippen LogP contribution is 2.26. The number of halogens is 2. The van der Waals surface area contributed by atoms with Gasteiger partial charge in [-0.25, -0.2) is 0 Å². The van der Waals surface area contributed by atoms with Crippen molar-refractivity contribution in [3.63, 3.8) is 0 Å². The molecule has 0 bridgehead atoms. The SMILES string of the molecule is O=C(NC(=S)Nc1ccccc1N1CCOCC1)c1cc(Cl)ccc1Cl. The van der Waals surface area contributed by atoms with Gasteiger partial charge in [0.1, 0.15) is 0 Å². The maximum absolute atomic E-state index is 12.4. The van der Waals surface area contributed by atoms with E-state index in [1.165, 1.54) is 6.07 Å². The zero-order valence-electron chi connectivity index (χ0n) is 13.8. The number of para-hydroxylation sites is 2. The first-order valence-corrected chi connectivity index (χ1v) is 9.20. The Bertz CT molecular complexity index is 826. The van der Waals surface area contributed by atoms with Gasteiger partial charge in [0.05, 0.1) is 35.2 Å². The van der Waals surface area contributed by atoms with Crippen molar-refractivity contribution in [2.75, 3.05) is 36.5 Å². The van der Waals surface area contributed by atoms with Crippen molar-refractivity contribution in [3.8, 4) is 0 Å². The summed E-state index contributed by atoms with van der Waals surface area (Å²) in [5.74, 6) is -0.418. The fourth-order valence-corrected chi connectivity index (χ4v) is 3.23. The predicted molar refractivity (Wildman–Crippen MR) is 110 cm³/mol. The van der Waals surface area contributed by atoms with Crippen molar-refractivity contribution in [1.29, 1.82) is 0 Å². The summed E-state index contributed by atoms with van der Waals surface area (Å²) in [5, 5.41) is 6.64. The van der Waals surface area contributed by atoms with Crippen molar-refractivity contribution < 1.29 is 9.53 Å². The van der Waals surface area contributed by atoms with E-state index in [4.69, 9.17) is 40.2 Å². The summed E-state index contributed by atoms with van der Waals surface area (Å²) >= 11 is 17.3. The molecule has 1 aliphatic rings. The number of morpholine rings is 1. The van der Waals surface area contributed by atoms with Crippen LogP contribution in [0.15, 0.2) is 42.5 Å². The normalized spacial score (nSPS) is 14.0. The van der Waals surface area contributed by atoms with Crippen molar-refractivity contribution in [2.45, 2.75) is 0 Å². The minimum atomic E-state index is -0.418. The number of rotatable bonds is 3. The van der Waals surface area contributed by atoms with E-state index in [2.05, 4.69) is 15.5 Å². The number of hydrogen-bond acceptors (Lipinski definition) is 4. The quantitative estimate of drug-likeness (QED) is 0.751. The number of nitrogens with zero attached hydrogens (tertiary/aromatic N) is 1. The summed E-state index contributed by atoms with van der Waals surface area (Å²) in [6, 6.07) is 12.5. The van der Waals surface area contributed by atoms with Gasteiger partial charge in [-0.05, 0) is 42.5 Å². The van der Waals surface area contributed by atoms with Gasteiger partial charge in [-0.3, -0.25) is 10.1 Å². The average molecular weight is 410 g/mol. The zero-order valence-corrected chi connectivity index (χ0v) is 16.1. The molecule has 136 valence electrons. The molecule has 1 amide bonds. The van der Waals surface area contributed by atoms with E-state index in [0.29, 0.717) is 23.3 Å². The van der Waals surface area contributed by atoms with Crippen molar-refractivity contribution in [2.24, 2.45) is 0 Å². The van der Waals surface area contributed by atoms with Crippen LogP contribution < -0.4 is 15.5 Å². The van der Waals surface area contributed by atoms with E-state index in [1.807, 2.05) is 24.3 Å². The number of carbonyl (C=O) groups excluding carboxylic acids is 1. The lowest BCUT2D eigenvalue weighted by molar-refractivity contribution is 0.0978. The number of hydrogen-bond donors (Lipinski definition) is 2. The lowest BCUT2D eigenvalue weighted by atomic mass is 10.2. The Labute approximate surface area is 167 Å². The van der Waals surface area contributed by atoms with E-state index in [-0.39, 0.29) is 10.7 Å². The first kappa shape index (κ1) is 18.9. The van der Waals surface area contributed by atoms with E-state index < -0.39 is 5.91 Å². The van der Waals surface area contributed by atoms with Gasteiger partial charge in [0.15, 0.2) is 5.11 Å². The van der Waals surface area contributed by atoms with Crippen molar-refractivity contribution in [3.05, 3.63) is 58.1 Å². The fourth-order valence-electron chi connectivity index (χ4n) is 2.65. The van der Waals surface area contributed by atoms with Crippen LogP contribution in [-0.4, -0.2) is 37.3 Å². The van der Waals surface area contributed by atoms with Gasteiger partial charge >= 0.3 is 0 Å². The molecule has 8 heteroatoms. The molecule has 5 nitrogen and oxygen atoms in total. The molecule has 0 saturated carbocycles. The molecule has 0 aliphatic carbocycles. The molecule has 1 aliphatic heterocycles. The summed E-state index contributed by atoms with van der Waals surface area (Å²) in [6.45, 7) is 2.97. The third kappa shape index (κ3) is 4.65. The van der Waals surface area contributed by atoms with E-state index >= 15 is 0 Å². The molecule has 2 aromatic rings. The smallest absolute Gasteiger partial charge is 0.258 e. The second-order valence-corrected chi connectivity index (χ2v) is 6.90. The number of nitrogens with one attached hydrogen (secondary N) is 2. The van der Waals surface area contributed by atoms with Gasteiger partial charge in [0.25, 0.3) is 5.91 Å². The second kappa shape index (κ2) is 8.68. The molecular formula is C18H17Cl2N3O2S. The van der Waals surface area contributed by atoms with E-state index in [1.54, 1.807) is 12.1 Å². The van der Waals surface area contributed by atoms with Gasteiger partial charge in [0.2, 0.25) is 0 Å². The Morgan fingerprint density at radius 2 is 1.85 bits per heavy atom. The Balaban J connectivity index is 1.70. The minimum Gasteiger partial charge on any atom is -0.378 e. The number of benzene rings is 2. The van der Waals surface area contributed by atoms with Crippen LogP contribution in [0.25, 0.3) is 0 Å². The summed E-state index contributed by atoms with van der Waals surface area (Å²) in [4.78, 5) is 14.6. The van der Waals surface area contributed by atoms with Gasteiger partial charge in [-0.15, -0.1) is 0 Å². The molecule has 1 saturated heterocycles. The summed E-state index contributed by atoms with van der Waals surface area (Å²) in [5.41, 5.74) is 2.09. The van der Waals surface area contributed by atoms with Crippen molar-refractivity contribution in [1.82, 2.24) is 5.32 Å². The minimum absolute atomic E-state index is 0.187. The zero-order chi connectivity index (χ0) is 18.5. The van der Waals surface area contributed by atoms with Gasteiger partial charge in [-0.1, -0.05) is 35.3 Å². The monoisotopic (exact) mass is 409 g/mol. The molecule has 1 heterocycles. The number of anilines is 2. The van der Waals surface area contributed by atoms with Crippen LogP contribution in [-0.2, 0) is 4.74 Å². The third-order valence-electron chi connectivity index (χ3n) is 3.90. The summed E-state index contributed by atoms with van der Waals surface area (Å²) in [7, 11) is 0. The van der Waals surface area contributed by atoms with Crippen molar-refractivity contribution >= 4 is 57.8 Å². The van der Waals surface area contributed by atoms with Crippen LogP contribution in [0.5, 0.6) is 0 Å². The number of thiocarbonyl (C=S) groups is 1. The molecule has 3 rings (SSSR count). The topological polar surface area (TPSA) is 53.6 Å². The Kier molecular flexibility index (Phi) is 6.32. The fraction of sp³-hybridized carbons (Fsp3) is 0.222. The highest BCUT2D eigenvalue weighted by Gasteiger charge is 2.16. The largest absolute Gasteiger partial charge is 0.378 e. The molecular weight excluding hydrogens is 393 g/mol. The second-order valence-electron chi connectivity index (χ2n) is 5.65. The van der Waals surface area contributed by atoms with Crippen LogP contribution in [0.2, 0.25) is 10.0 Å². The molecule has 2 aromatic carbocycles. The number of carbonyl (C=O) groups is 1. The maximum atomic E-state index is 12.4. The highest BCUT2D eigenvalue weighted by molar-refractivity contribution is 7.80. The average Bonchev–Trinajstić information content (AvgIpc) is 2.64. The molecule has 1 fully saturated rings. The van der Waals surface area contributed by atoms with E-state index in [9.17, 15) is 4.79 Å². The van der Waals surface area contributed by atoms with Crippen LogP contribution in [0.4, 0.5) is 11.4 Å². The van der Waals surface area contributed by atoms with Crippen LogP contribution in [0.3, 0.4) is 0 Å². The lowest BCUT2D eigenvalue weighted by Gasteiger charge is -2.30. The third-order valence-corrected chi connectivity index (χ3v) is 4.67. The predicted octanol–water partition coefficient (Wildman–Crippen LogP) is 3.96. The molecule has 26 heavy (non-hydrogen) atoms. The van der Waals surface area contributed by atoms with Crippen LogP contribution in [0.1, 0.15) is 10.4 Å². The molecule has 0 radical (unpaired) electrons. The van der Waals surface area contributed by atoms with Crippen LogP contribution >= 0.6 is 35.4 Å². The molecule has 0 atom stereocenters. The molecule has 0 aromatic heterocycles. The van der Waals surface area contributed by atoms with Gasteiger partial charge in [-0.2, -0.15) is 0 Å². The van der Waals surface area contributed by atoms with Crippen LogP contribution in [0, 0.1) is 0 Å². The van der Waals surface area contributed by atoms with E-state index in [0.717, 1.165) is 24.5 Å². The lowest BCUT2D eigenvalue weighted by Crippen LogP contribution is -2.38. The first-order chi connectivity index (χ1) is 12.5. The van der Waals surface area contributed by atoms with Gasteiger partial charge < -0.3 is 15.0 Å². The summed E-state index contributed by atoms with van der Waals surface area (Å²) in [6.07, 6.45) is 0. The Hall–Kier alpha value is -1.86.